The number of alkyl carbamates (subject to hydrolysis) is 2. The van der Waals surface area contributed by atoms with Crippen molar-refractivity contribution in [3.63, 3.8) is 0 Å². The van der Waals surface area contributed by atoms with E-state index in [0.717, 1.165) is 48.9 Å². The molecule has 0 radical (unpaired) electrons. The van der Waals surface area contributed by atoms with Gasteiger partial charge in [0.25, 0.3) is 0 Å². The largest absolute Gasteiger partial charge is 0.444 e. The molecule has 5 rings (SSSR count). The summed E-state index contributed by atoms with van der Waals surface area (Å²) < 4.78 is 16.9. The minimum atomic E-state index is -0.542. The maximum absolute atomic E-state index is 12.5. The molecule has 1 saturated heterocycles. The topological polar surface area (TPSA) is 119 Å². The molecule has 0 unspecified atom stereocenters. The highest BCUT2D eigenvalue weighted by Crippen LogP contribution is 2.42. The standard InChI is InChI=1S/C30H39N5O5/c1-28(2,3)39-26(36)32-15-19-17-35(18-19)25-31-16-21-14-23(38-24(21)33-25)20-8-10-22(11-9-20)30(12-7-13-30)34-27(37)40-29(4,5)6/h8-11,14,16,19H,7,12-13,15,17-18H2,1-6H3,(H,32,36)(H,34,37). The summed E-state index contributed by atoms with van der Waals surface area (Å²) in [7, 11) is 0. The fourth-order valence-corrected chi connectivity index (χ4v) is 4.99. The Labute approximate surface area is 234 Å². The summed E-state index contributed by atoms with van der Waals surface area (Å²) in [5.41, 5.74) is 1.06. The Kier molecular flexibility index (Phi) is 7.14. The normalized spacial score (nSPS) is 17.1. The Morgan fingerprint density at radius 1 is 1.02 bits per heavy atom. The molecular formula is C30H39N5O5. The molecule has 3 aromatic rings. The van der Waals surface area contributed by atoms with Crippen LogP contribution in [0.25, 0.3) is 22.4 Å². The van der Waals surface area contributed by atoms with Gasteiger partial charge in [0.05, 0.1) is 10.9 Å². The predicted octanol–water partition coefficient (Wildman–Crippen LogP) is 5.75. The summed E-state index contributed by atoms with van der Waals surface area (Å²) in [6, 6.07) is 10.0. The molecule has 3 heterocycles. The van der Waals surface area contributed by atoms with Crippen molar-refractivity contribution in [1.29, 1.82) is 0 Å². The van der Waals surface area contributed by atoms with Crippen LogP contribution in [0, 0.1) is 5.92 Å². The first-order valence-electron chi connectivity index (χ1n) is 13.9. The minimum absolute atomic E-state index is 0.307. The molecule has 214 valence electrons. The summed E-state index contributed by atoms with van der Waals surface area (Å²) in [5, 5.41) is 6.76. The van der Waals surface area contributed by atoms with Crippen molar-refractivity contribution in [2.75, 3.05) is 24.5 Å². The van der Waals surface area contributed by atoms with Crippen molar-refractivity contribution in [2.45, 2.75) is 77.5 Å². The first kappa shape index (κ1) is 27.7. The van der Waals surface area contributed by atoms with E-state index in [0.29, 0.717) is 29.9 Å². The van der Waals surface area contributed by atoms with E-state index < -0.39 is 28.9 Å². The van der Waals surface area contributed by atoms with Crippen molar-refractivity contribution in [3.8, 4) is 11.3 Å². The van der Waals surface area contributed by atoms with Crippen molar-refractivity contribution in [1.82, 2.24) is 20.6 Å². The van der Waals surface area contributed by atoms with Gasteiger partial charge in [-0.05, 0) is 72.4 Å². The maximum Gasteiger partial charge on any atom is 0.408 e. The van der Waals surface area contributed by atoms with Crippen LogP contribution in [0.15, 0.2) is 40.9 Å². The molecule has 1 saturated carbocycles. The number of hydrogen-bond acceptors (Lipinski definition) is 8. The van der Waals surface area contributed by atoms with Gasteiger partial charge in [-0.2, -0.15) is 4.98 Å². The van der Waals surface area contributed by atoms with E-state index >= 15 is 0 Å². The minimum Gasteiger partial charge on any atom is -0.444 e. The maximum atomic E-state index is 12.5. The number of nitrogens with zero attached hydrogens (tertiary/aromatic N) is 3. The van der Waals surface area contributed by atoms with Crippen LogP contribution >= 0.6 is 0 Å². The molecule has 2 fully saturated rings. The van der Waals surface area contributed by atoms with Gasteiger partial charge in [0, 0.05) is 37.3 Å². The molecule has 0 atom stereocenters. The smallest absolute Gasteiger partial charge is 0.408 e. The fraction of sp³-hybridized carbons (Fsp3) is 0.533. The number of carbonyl (C=O) groups excluding carboxylic acids is 2. The highest BCUT2D eigenvalue weighted by molar-refractivity contribution is 5.80. The van der Waals surface area contributed by atoms with Gasteiger partial charge >= 0.3 is 12.2 Å². The summed E-state index contributed by atoms with van der Waals surface area (Å²) in [4.78, 5) is 35.6. The Morgan fingerprint density at radius 3 is 2.27 bits per heavy atom. The van der Waals surface area contributed by atoms with Crippen LogP contribution < -0.4 is 15.5 Å². The second-order valence-corrected chi connectivity index (χ2v) is 12.8. The van der Waals surface area contributed by atoms with E-state index in [2.05, 4.69) is 25.5 Å². The first-order valence-corrected chi connectivity index (χ1v) is 13.9. The molecule has 2 aromatic heterocycles. The molecule has 1 aliphatic heterocycles. The molecule has 0 bridgehead atoms. The van der Waals surface area contributed by atoms with Gasteiger partial charge in [-0.15, -0.1) is 0 Å². The molecule has 2 amide bonds. The quantitative estimate of drug-likeness (QED) is 0.399. The molecule has 40 heavy (non-hydrogen) atoms. The van der Waals surface area contributed by atoms with Gasteiger partial charge in [-0.1, -0.05) is 24.3 Å². The monoisotopic (exact) mass is 549 g/mol. The SMILES string of the molecule is CC(C)(C)OC(=O)NCC1CN(c2ncc3cc(-c4ccc(C5(NC(=O)OC(C)(C)C)CCC5)cc4)oc3n2)C1. The van der Waals surface area contributed by atoms with Crippen LogP contribution in [0.2, 0.25) is 0 Å². The number of carbonyl (C=O) groups is 2. The van der Waals surface area contributed by atoms with Crippen LogP contribution in [0.5, 0.6) is 0 Å². The third-order valence-corrected chi connectivity index (χ3v) is 7.10. The van der Waals surface area contributed by atoms with Gasteiger partial charge in [0.15, 0.2) is 0 Å². The van der Waals surface area contributed by atoms with Crippen molar-refractivity contribution >= 4 is 29.2 Å². The van der Waals surface area contributed by atoms with Crippen LogP contribution in [0.1, 0.15) is 66.4 Å². The second-order valence-electron chi connectivity index (χ2n) is 12.8. The van der Waals surface area contributed by atoms with Gasteiger partial charge in [-0.25, -0.2) is 14.6 Å². The van der Waals surface area contributed by atoms with Gasteiger partial charge in [-0.3, -0.25) is 0 Å². The summed E-state index contributed by atoms with van der Waals surface area (Å²) >= 11 is 0. The lowest BCUT2D eigenvalue weighted by Crippen LogP contribution is -2.52. The Balaban J connectivity index is 1.20. The fourth-order valence-electron chi connectivity index (χ4n) is 4.99. The number of ether oxygens (including phenoxy) is 2. The number of amides is 2. The lowest BCUT2D eigenvalue weighted by atomic mass is 9.72. The zero-order chi connectivity index (χ0) is 28.7. The average Bonchev–Trinajstić information content (AvgIpc) is 3.22. The van der Waals surface area contributed by atoms with E-state index in [1.54, 1.807) is 6.20 Å². The number of hydrogen-bond donors (Lipinski definition) is 2. The van der Waals surface area contributed by atoms with Crippen molar-refractivity contribution in [3.05, 3.63) is 42.1 Å². The summed E-state index contributed by atoms with van der Waals surface area (Å²) in [6.07, 6.45) is 3.80. The number of nitrogens with one attached hydrogen (secondary N) is 2. The molecule has 1 aliphatic carbocycles. The van der Waals surface area contributed by atoms with Crippen molar-refractivity contribution < 1.29 is 23.5 Å². The number of furan rings is 1. The number of rotatable bonds is 6. The van der Waals surface area contributed by atoms with Crippen LogP contribution in [-0.4, -0.2) is 53.0 Å². The average molecular weight is 550 g/mol. The third-order valence-electron chi connectivity index (χ3n) is 7.10. The van der Waals surface area contributed by atoms with Crippen LogP contribution in [-0.2, 0) is 15.0 Å². The Morgan fingerprint density at radius 2 is 1.68 bits per heavy atom. The van der Waals surface area contributed by atoms with Crippen LogP contribution in [0.3, 0.4) is 0 Å². The Bertz CT molecular complexity index is 1380. The van der Waals surface area contributed by atoms with E-state index in [1.807, 2.05) is 71.9 Å². The lowest BCUT2D eigenvalue weighted by Gasteiger charge is -2.43. The van der Waals surface area contributed by atoms with Crippen LogP contribution in [0.4, 0.5) is 15.5 Å². The van der Waals surface area contributed by atoms with Crippen molar-refractivity contribution in [2.24, 2.45) is 5.92 Å². The van der Waals surface area contributed by atoms with Gasteiger partial charge in [0.2, 0.25) is 11.7 Å². The number of anilines is 1. The molecule has 0 spiro atoms. The van der Waals surface area contributed by atoms with Gasteiger partial charge in [0.1, 0.15) is 17.0 Å². The van der Waals surface area contributed by atoms with Gasteiger partial charge < -0.3 is 29.4 Å². The predicted molar refractivity (Wildman–Crippen MR) is 152 cm³/mol. The zero-order valence-electron chi connectivity index (χ0n) is 24.2. The molecule has 2 aliphatic rings. The first-order chi connectivity index (χ1) is 18.8. The van der Waals surface area contributed by atoms with E-state index in [9.17, 15) is 9.59 Å². The van der Waals surface area contributed by atoms with E-state index in [-0.39, 0.29) is 0 Å². The molecule has 2 N–H and O–H groups in total. The van der Waals surface area contributed by atoms with E-state index in [4.69, 9.17) is 13.9 Å². The Hall–Kier alpha value is -3.82. The molecule has 1 aromatic carbocycles. The summed E-state index contributed by atoms with van der Waals surface area (Å²) in [5.74, 6) is 1.62. The van der Waals surface area contributed by atoms with E-state index in [1.165, 1.54) is 0 Å². The highest BCUT2D eigenvalue weighted by Gasteiger charge is 2.41. The lowest BCUT2D eigenvalue weighted by molar-refractivity contribution is 0.0376. The number of fused-ring (bicyclic) bond motifs is 1. The number of aromatic nitrogens is 2. The highest BCUT2D eigenvalue weighted by atomic mass is 16.6. The third kappa shape index (κ3) is 6.32. The molecular weight excluding hydrogens is 510 g/mol. The molecule has 10 nitrogen and oxygen atoms in total. The number of benzene rings is 1. The summed E-state index contributed by atoms with van der Waals surface area (Å²) in [6.45, 7) is 13.2. The molecule has 10 heteroatoms. The zero-order valence-corrected chi connectivity index (χ0v) is 24.2. The second kappa shape index (κ2) is 10.3.